The zero-order valence-corrected chi connectivity index (χ0v) is 13.9. The lowest BCUT2D eigenvalue weighted by Gasteiger charge is -2.11. The van der Waals surface area contributed by atoms with E-state index >= 15 is 0 Å². The number of benzene rings is 1. The lowest BCUT2D eigenvalue weighted by Crippen LogP contribution is -2.32. The molecule has 0 aliphatic heterocycles. The van der Waals surface area contributed by atoms with Gasteiger partial charge in [-0.05, 0) is 34.1 Å². The molecule has 1 aromatic heterocycles. The molecule has 0 fully saturated rings. The number of amides is 1. The fourth-order valence-corrected chi connectivity index (χ4v) is 2.18. The van der Waals surface area contributed by atoms with Crippen molar-refractivity contribution in [3.8, 4) is 0 Å². The molecule has 0 unspecified atom stereocenters. The van der Waals surface area contributed by atoms with Crippen molar-refractivity contribution < 1.29 is 18.0 Å². The molecule has 0 spiro atoms. The predicted octanol–water partition coefficient (Wildman–Crippen LogP) is 3.37. The van der Waals surface area contributed by atoms with Crippen LogP contribution in [0.25, 0.3) is 10.9 Å². The summed E-state index contributed by atoms with van der Waals surface area (Å²) in [6.45, 7) is 0. The maximum atomic E-state index is 12.4. The Morgan fingerprint density at radius 2 is 2.04 bits per heavy atom. The van der Waals surface area contributed by atoms with Crippen LogP contribution in [-0.4, -0.2) is 29.8 Å². The second-order valence-electron chi connectivity index (χ2n) is 4.73. The van der Waals surface area contributed by atoms with E-state index in [2.05, 4.69) is 31.5 Å². The van der Waals surface area contributed by atoms with E-state index in [0.717, 1.165) is 9.86 Å². The first-order valence-electron chi connectivity index (χ1n) is 6.62. The summed E-state index contributed by atoms with van der Waals surface area (Å²) in [5.41, 5.74) is -0.766. The number of carbonyl (C=O) groups is 1. The molecule has 0 saturated carbocycles. The third kappa shape index (κ3) is 4.31. The molecular formula is C15H12BrF3N4O. The highest BCUT2D eigenvalue weighted by Gasteiger charge is 2.33. The maximum Gasteiger partial charge on any atom is 0.432 e. The van der Waals surface area contributed by atoms with Gasteiger partial charge in [-0.1, -0.05) is 6.07 Å². The number of aromatic nitrogens is 1. The van der Waals surface area contributed by atoms with E-state index in [-0.39, 0.29) is 11.4 Å². The maximum absolute atomic E-state index is 12.4. The minimum atomic E-state index is -4.78. The zero-order valence-electron chi connectivity index (χ0n) is 12.3. The standard InChI is InChI=1S/C15H12BrF3N4O/c1-21-13(6-12(20)15(17,18)19)23-14(24)9-3-2-8-4-10(16)7-22-11(8)5-9/h2-7,20-21H,1H3,(H,23,24)/b13-6+,20-12?. The van der Waals surface area contributed by atoms with Crippen LogP contribution in [0.15, 0.2) is 46.8 Å². The average Bonchev–Trinajstić information content (AvgIpc) is 2.52. The largest absolute Gasteiger partial charge is 0.432 e. The second kappa shape index (κ2) is 7.00. The van der Waals surface area contributed by atoms with Gasteiger partial charge in [-0.3, -0.25) is 15.2 Å². The van der Waals surface area contributed by atoms with Crippen molar-refractivity contribution in [2.75, 3.05) is 7.05 Å². The first kappa shape index (κ1) is 17.9. The van der Waals surface area contributed by atoms with Crippen LogP contribution in [0.4, 0.5) is 13.2 Å². The van der Waals surface area contributed by atoms with Gasteiger partial charge in [0.05, 0.1) is 5.52 Å². The van der Waals surface area contributed by atoms with Crippen molar-refractivity contribution in [1.82, 2.24) is 15.6 Å². The first-order chi connectivity index (χ1) is 11.2. The molecule has 0 aliphatic rings. The fourth-order valence-electron chi connectivity index (χ4n) is 1.83. The molecule has 24 heavy (non-hydrogen) atoms. The molecule has 1 heterocycles. The summed E-state index contributed by atoms with van der Waals surface area (Å²) in [6, 6.07) is 6.57. The molecule has 2 aromatic rings. The molecule has 1 aromatic carbocycles. The Balaban J connectivity index is 2.23. The van der Waals surface area contributed by atoms with Gasteiger partial charge in [0.15, 0.2) is 0 Å². The van der Waals surface area contributed by atoms with Crippen LogP contribution in [0.1, 0.15) is 10.4 Å². The number of rotatable bonds is 4. The van der Waals surface area contributed by atoms with E-state index in [1.165, 1.54) is 19.2 Å². The Kier molecular flexibility index (Phi) is 5.23. The topological polar surface area (TPSA) is 77.9 Å². The van der Waals surface area contributed by atoms with Crippen molar-refractivity contribution in [3.05, 3.63) is 52.4 Å². The van der Waals surface area contributed by atoms with Crippen molar-refractivity contribution in [1.29, 1.82) is 5.41 Å². The Bertz CT molecular complexity index is 833. The molecule has 0 bridgehead atoms. The Labute approximate surface area is 143 Å². The van der Waals surface area contributed by atoms with Crippen LogP contribution >= 0.6 is 15.9 Å². The molecule has 2 rings (SSSR count). The number of alkyl halides is 3. The van der Waals surface area contributed by atoms with Gasteiger partial charge in [-0.25, -0.2) is 0 Å². The lowest BCUT2D eigenvalue weighted by atomic mass is 10.1. The summed E-state index contributed by atoms with van der Waals surface area (Å²) in [4.78, 5) is 16.3. The Morgan fingerprint density at radius 3 is 2.67 bits per heavy atom. The van der Waals surface area contributed by atoms with E-state index in [1.807, 2.05) is 6.07 Å². The van der Waals surface area contributed by atoms with E-state index in [1.54, 1.807) is 12.3 Å². The number of nitrogens with one attached hydrogen (secondary N) is 3. The summed E-state index contributed by atoms with van der Waals surface area (Å²) in [7, 11) is 1.34. The zero-order chi connectivity index (χ0) is 17.9. The number of pyridine rings is 1. The SMILES string of the molecule is CN/C(=C\C(=N)C(F)(F)F)NC(=O)c1ccc2cc(Br)cnc2c1. The molecule has 1 amide bonds. The molecule has 0 atom stereocenters. The number of nitrogens with zero attached hydrogens (tertiary/aromatic N) is 1. The minimum absolute atomic E-state index is 0.230. The highest BCUT2D eigenvalue weighted by atomic mass is 79.9. The number of halogens is 4. The monoisotopic (exact) mass is 400 g/mol. The summed E-state index contributed by atoms with van der Waals surface area (Å²) >= 11 is 3.29. The Morgan fingerprint density at radius 1 is 1.33 bits per heavy atom. The quantitative estimate of drug-likeness (QED) is 0.688. The molecule has 126 valence electrons. The van der Waals surface area contributed by atoms with Crippen molar-refractivity contribution in [2.24, 2.45) is 0 Å². The van der Waals surface area contributed by atoms with E-state index < -0.39 is 17.8 Å². The number of fused-ring (bicyclic) bond motifs is 1. The smallest absolute Gasteiger partial charge is 0.375 e. The molecule has 3 N–H and O–H groups in total. The Hall–Kier alpha value is -2.42. The van der Waals surface area contributed by atoms with Crippen LogP contribution in [0, 0.1) is 5.41 Å². The van der Waals surface area contributed by atoms with Crippen molar-refractivity contribution in [3.63, 3.8) is 0 Å². The molecule has 9 heteroatoms. The fraction of sp³-hybridized carbons (Fsp3) is 0.133. The molecule has 0 saturated heterocycles. The van der Waals surface area contributed by atoms with Gasteiger partial charge in [0, 0.05) is 34.7 Å². The van der Waals surface area contributed by atoms with Crippen LogP contribution in [0.2, 0.25) is 0 Å². The van der Waals surface area contributed by atoms with Crippen LogP contribution < -0.4 is 10.6 Å². The lowest BCUT2D eigenvalue weighted by molar-refractivity contribution is -0.0584. The van der Waals surface area contributed by atoms with E-state index in [0.29, 0.717) is 11.6 Å². The van der Waals surface area contributed by atoms with Crippen LogP contribution in [0.5, 0.6) is 0 Å². The van der Waals surface area contributed by atoms with Crippen molar-refractivity contribution in [2.45, 2.75) is 6.18 Å². The molecule has 0 radical (unpaired) electrons. The third-order valence-corrected chi connectivity index (χ3v) is 3.46. The summed E-state index contributed by atoms with van der Waals surface area (Å²) in [6.07, 6.45) is -2.70. The molecule has 0 aliphatic carbocycles. The number of carbonyl (C=O) groups excluding carboxylic acids is 1. The van der Waals surface area contributed by atoms with E-state index in [9.17, 15) is 18.0 Å². The van der Waals surface area contributed by atoms with Crippen molar-refractivity contribution >= 4 is 38.5 Å². The van der Waals surface area contributed by atoms with Gasteiger partial charge in [-0.15, -0.1) is 0 Å². The summed E-state index contributed by atoms with van der Waals surface area (Å²) < 4.78 is 38.0. The number of allylic oxidation sites excluding steroid dienone is 1. The third-order valence-electron chi connectivity index (χ3n) is 3.02. The van der Waals surface area contributed by atoms with Gasteiger partial charge in [-0.2, -0.15) is 13.2 Å². The van der Waals surface area contributed by atoms with Gasteiger partial charge in [0.1, 0.15) is 11.5 Å². The number of hydrogen-bond acceptors (Lipinski definition) is 4. The first-order valence-corrected chi connectivity index (χ1v) is 7.42. The van der Waals surface area contributed by atoms with Crippen LogP contribution in [0.3, 0.4) is 0 Å². The van der Waals surface area contributed by atoms with Gasteiger partial charge in [0.2, 0.25) is 0 Å². The minimum Gasteiger partial charge on any atom is -0.375 e. The second-order valence-corrected chi connectivity index (χ2v) is 5.65. The predicted molar refractivity (Wildman–Crippen MR) is 87.8 cm³/mol. The molecular weight excluding hydrogens is 389 g/mol. The summed E-state index contributed by atoms with van der Waals surface area (Å²) in [5.74, 6) is -0.844. The van der Waals surface area contributed by atoms with Gasteiger partial charge >= 0.3 is 6.18 Å². The number of hydrogen-bond donors (Lipinski definition) is 3. The highest BCUT2D eigenvalue weighted by molar-refractivity contribution is 9.10. The molecule has 5 nitrogen and oxygen atoms in total. The van der Waals surface area contributed by atoms with Gasteiger partial charge in [0.25, 0.3) is 5.91 Å². The van der Waals surface area contributed by atoms with Crippen LogP contribution in [-0.2, 0) is 0 Å². The average molecular weight is 401 g/mol. The normalized spacial score (nSPS) is 12.1. The summed E-state index contributed by atoms with van der Waals surface area (Å²) in [5, 5.41) is 12.5. The van der Waals surface area contributed by atoms with E-state index in [4.69, 9.17) is 5.41 Å². The van der Waals surface area contributed by atoms with Gasteiger partial charge < -0.3 is 10.6 Å². The highest BCUT2D eigenvalue weighted by Crippen LogP contribution is 2.19.